The van der Waals surface area contributed by atoms with E-state index in [9.17, 15) is 9.59 Å². The molecule has 9 heteroatoms. The summed E-state index contributed by atoms with van der Waals surface area (Å²) in [5.74, 6) is -1.20. The third kappa shape index (κ3) is 5.82. The molecule has 0 aromatic heterocycles. The zero-order chi connectivity index (χ0) is 22.2. The maximum atomic E-state index is 12.8. The van der Waals surface area contributed by atoms with Crippen LogP contribution >= 0.6 is 0 Å². The van der Waals surface area contributed by atoms with Crippen LogP contribution in [0.5, 0.6) is 0 Å². The summed E-state index contributed by atoms with van der Waals surface area (Å²) >= 11 is 0. The molecule has 1 saturated heterocycles. The van der Waals surface area contributed by atoms with Gasteiger partial charge in [0.2, 0.25) is 6.29 Å². The average molecular weight is 425 g/mol. The standard InChI is InChI=1S/C22H23N3O6/c1-14-18(24-25-23)19(31-21(27)17-11-7-4-8-12-17)20(22(29-14)30-15(2)26)28-13-16-9-5-3-6-10-16/h3-12,14,18-20,22H,13H2,1-2H3/t14?,18?,19?,20?,22-/m1/s1. The summed E-state index contributed by atoms with van der Waals surface area (Å²) < 4.78 is 22.8. The van der Waals surface area contributed by atoms with E-state index >= 15 is 0 Å². The predicted octanol–water partition coefficient (Wildman–Crippen LogP) is 3.78. The molecule has 3 rings (SSSR count). The Balaban J connectivity index is 1.90. The van der Waals surface area contributed by atoms with Gasteiger partial charge in [-0.1, -0.05) is 53.6 Å². The van der Waals surface area contributed by atoms with Crippen molar-refractivity contribution < 1.29 is 28.5 Å². The van der Waals surface area contributed by atoms with Gasteiger partial charge in [0.25, 0.3) is 0 Å². The van der Waals surface area contributed by atoms with E-state index in [4.69, 9.17) is 24.5 Å². The van der Waals surface area contributed by atoms with Gasteiger partial charge in [0.05, 0.1) is 18.3 Å². The van der Waals surface area contributed by atoms with Gasteiger partial charge in [-0.2, -0.15) is 0 Å². The zero-order valence-corrected chi connectivity index (χ0v) is 17.2. The molecule has 0 spiro atoms. The van der Waals surface area contributed by atoms with Gasteiger partial charge >= 0.3 is 11.9 Å². The second kappa shape index (κ2) is 10.6. The van der Waals surface area contributed by atoms with E-state index in [-0.39, 0.29) is 6.61 Å². The van der Waals surface area contributed by atoms with Crippen molar-refractivity contribution in [3.05, 3.63) is 82.2 Å². The Hall–Kier alpha value is -3.39. The maximum Gasteiger partial charge on any atom is 0.338 e. The first-order chi connectivity index (χ1) is 15.0. The largest absolute Gasteiger partial charge is 0.455 e. The normalized spacial score (nSPS) is 25.2. The van der Waals surface area contributed by atoms with Crippen LogP contribution in [0.3, 0.4) is 0 Å². The van der Waals surface area contributed by atoms with Crippen LogP contribution in [0.15, 0.2) is 65.8 Å². The fourth-order valence-corrected chi connectivity index (χ4v) is 3.31. The summed E-state index contributed by atoms with van der Waals surface area (Å²) in [6.07, 6.45) is -3.88. The van der Waals surface area contributed by atoms with Gasteiger partial charge in [-0.05, 0) is 30.2 Å². The van der Waals surface area contributed by atoms with Crippen LogP contribution in [0.1, 0.15) is 29.8 Å². The molecule has 2 aromatic carbocycles. The van der Waals surface area contributed by atoms with Crippen molar-refractivity contribution in [2.24, 2.45) is 5.11 Å². The van der Waals surface area contributed by atoms with Crippen LogP contribution in [0.4, 0.5) is 0 Å². The number of azide groups is 1. The molecule has 1 aliphatic heterocycles. The number of carbonyl (C=O) groups is 2. The molecular weight excluding hydrogens is 402 g/mol. The first-order valence-electron chi connectivity index (χ1n) is 9.78. The predicted molar refractivity (Wildman–Crippen MR) is 110 cm³/mol. The van der Waals surface area contributed by atoms with Crippen molar-refractivity contribution in [2.45, 2.75) is 51.1 Å². The molecule has 0 N–H and O–H groups in total. The lowest BCUT2D eigenvalue weighted by Crippen LogP contribution is -2.59. The van der Waals surface area contributed by atoms with E-state index in [1.54, 1.807) is 37.3 Å². The molecule has 0 saturated carbocycles. The van der Waals surface area contributed by atoms with Crippen molar-refractivity contribution >= 4 is 11.9 Å². The average Bonchev–Trinajstić information content (AvgIpc) is 2.77. The third-order valence-electron chi connectivity index (χ3n) is 4.76. The SMILES string of the molecule is CC(=O)O[C@H]1OC(C)C(N=[N+]=[N-])C(OC(=O)c2ccccc2)C1OCc1ccccc1. The molecule has 1 aliphatic rings. The Morgan fingerprint density at radius 1 is 1.03 bits per heavy atom. The molecule has 0 amide bonds. The molecule has 0 radical (unpaired) electrons. The number of hydrogen-bond donors (Lipinski definition) is 0. The Bertz CT molecular complexity index is 933. The molecule has 9 nitrogen and oxygen atoms in total. The second-order valence-corrected chi connectivity index (χ2v) is 7.01. The highest BCUT2D eigenvalue weighted by atomic mass is 16.7. The molecule has 0 aliphatic carbocycles. The Morgan fingerprint density at radius 3 is 2.29 bits per heavy atom. The van der Waals surface area contributed by atoms with Crippen LogP contribution in [0, 0.1) is 0 Å². The summed E-state index contributed by atoms with van der Waals surface area (Å²) in [6, 6.07) is 16.8. The Kier molecular flexibility index (Phi) is 7.61. The van der Waals surface area contributed by atoms with Crippen LogP contribution in [-0.4, -0.2) is 42.6 Å². The van der Waals surface area contributed by atoms with Crippen molar-refractivity contribution in [2.75, 3.05) is 0 Å². The van der Waals surface area contributed by atoms with Crippen LogP contribution in [-0.2, 0) is 30.3 Å². The first-order valence-corrected chi connectivity index (χ1v) is 9.78. The number of rotatable bonds is 7. The minimum atomic E-state index is -1.14. The van der Waals surface area contributed by atoms with E-state index in [1.807, 2.05) is 30.3 Å². The number of ether oxygens (including phenoxy) is 4. The highest BCUT2D eigenvalue weighted by molar-refractivity contribution is 5.89. The lowest BCUT2D eigenvalue weighted by Gasteiger charge is -2.42. The van der Waals surface area contributed by atoms with E-state index in [0.29, 0.717) is 5.56 Å². The van der Waals surface area contributed by atoms with E-state index in [2.05, 4.69) is 10.0 Å². The molecule has 1 fully saturated rings. The van der Waals surface area contributed by atoms with Gasteiger partial charge in [0.1, 0.15) is 12.1 Å². The number of benzene rings is 2. The summed E-state index contributed by atoms with van der Waals surface area (Å²) in [5, 5.41) is 3.77. The van der Waals surface area contributed by atoms with Gasteiger partial charge in [-0.15, -0.1) is 0 Å². The minimum Gasteiger partial charge on any atom is -0.455 e. The molecule has 31 heavy (non-hydrogen) atoms. The van der Waals surface area contributed by atoms with Crippen molar-refractivity contribution in [1.29, 1.82) is 0 Å². The summed E-state index contributed by atoms with van der Waals surface area (Å²) in [4.78, 5) is 27.3. The monoisotopic (exact) mass is 425 g/mol. The van der Waals surface area contributed by atoms with Crippen molar-refractivity contribution in [3.63, 3.8) is 0 Å². The van der Waals surface area contributed by atoms with Gasteiger partial charge in [0, 0.05) is 11.8 Å². The summed E-state index contributed by atoms with van der Waals surface area (Å²) in [7, 11) is 0. The fourth-order valence-electron chi connectivity index (χ4n) is 3.31. The number of carbonyl (C=O) groups excluding carboxylic acids is 2. The lowest BCUT2D eigenvalue weighted by molar-refractivity contribution is -0.272. The van der Waals surface area contributed by atoms with Crippen LogP contribution in [0.25, 0.3) is 10.4 Å². The quantitative estimate of drug-likeness (QED) is 0.288. The Morgan fingerprint density at radius 2 is 1.68 bits per heavy atom. The molecule has 4 unspecified atom stereocenters. The summed E-state index contributed by atoms with van der Waals surface area (Å²) in [6.45, 7) is 3.03. The molecule has 5 atom stereocenters. The number of hydrogen-bond acceptors (Lipinski definition) is 7. The van der Waals surface area contributed by atoms with Gasteiger partial charge in [-0.25, -0.2) is 4.79 Å². The lowest BCUT2D eigenvalue weighted by atomic mass is 9.97. The van der Waals surface area contributed by atoms with Gasteiger partial charge in [0.15, 0.2) is 6.10 Å². The molecular formula is C22H23N3O6. The molecule has 0 bridgehead atoms. The smallest absolute Gasteiger partial charge is 0.338 e. The van der Waals surface area contributed by atoms with Crippen LogP contribution < -0.4 is 0 Å². The Labute approximate surface area is 179 Å². The minimum absolute atomic E-state index is 0.142. The molecule has 162 valence electrons. The first kappa shape index (κ1) is 22.3. The van der Waals surface area contributed by atoms with E-state index in [0.717, 1.165) is 5.56 Å². The van der Waals surface area contributed by atoms with Crippen molar-refractivity contribution in [3.8, 4) is 0 Å². The third-order valence-corrected chi connectivity index (χ3v) is 4.76. The fraction of sp³-hybridized carbons (Fsp3) is 0.364. The second-order valence-electron chi connectivity index (χ2n) is 7.01. The zero-order valence-electron chi connectivity index (χ0n) is 17.2. The van der Waals surface area contributed by atoms with Crippen molar-refractivity contribution in [1.82, 2.24) is 0 Å². The number of nitrogens with zero attached hydrogens (tertiary/aromatic N) is 3. The molecule has 2 aromatic rings. The highest BCUT2D eigenvalue weighted by Crippen LogP contribution is 2.30. The molecule has 1 heterocycles. The summed E-state index contributed by atoms with van der Waals surface area (Å²) in [5.41, 5.74) is 10.2. The van der Waals surface area contributed by atoms with E-state index in [1.165, 1.54) is 6.92 Å². The maximum absolute atomic E-state index is 12.8. The van der Waals surface area contributed by atoms with Crippen LogP contribution in [0.2, 0.25) is 0 Å². The highest BCUT2D eigenvalue weighted by Gasteiger charge is 2.49. The van der Waals surface area contributed by atoms with E-state index < -0.39 is 42.6 Å². The van der Waals surface area contributed by atoms with Gasteiger partial charge < -0.3 is 18.9 Å². The number of esters is 2. The van der Waals surface area contributed by atoms with Gasteiger partial charge in [-0.3, -0.25) is 4.79 Å². The topological polar surface area (TPSA) is 120 Å².